The maximum absolute atomic E-state index is 14.0. The van der Waals surface area contributed by atoms with Crippen LogP contribution in [0.3, 0.4) is 0 Å². The fourth-order valence-electron chi connectivity index (χ4n) is 4.28. The summed E-state index contributed by atoms with van der Waals surface area (Å²) >= 11 is 12.2. The van der Waals surface area contributed by atoms with Gasteiger partial charge < -0.3 is 15.2 Å². The molecule has 0 fully saturated rings. The maximum atomic E-state index is 14.0. The van der Waals surface area contributed by atoms with Crippen LogP contribution in [0.25, 0.3) is 11.1 Å². The van der Waals surface area contributed by atoms with Crippen molar-refractivity contribution in [3.63, 3.8) is 0 Å². The van der Waals surface area contributed by atoms with Crippen LogP contribution in [0, 0.1) is 5.82 Å². The molecule has 0 aromatic heterocycles. The van der Waals surface area contributed by atoms with Crippen molar-refractivity contribution in [3.05, 3.63) is 117 Å². The minimum atomic E-state index is -4.32. The molecule has 2 N–H and O–H groups in total. The third-order valence-corrected chi connectivity index (χ3v) is 8.60. The number of hydrogen-bond donors (Lipinski definition) is 2. The zero-order valence-electron chi connectivity index (χ0n) is 23.8. The molecule has 226 valence electrons. The van der Waals surface area contributed by atoms with E-state index in [0.29, 0.717) is 11.1 Å². The molecule has 0 unspecified atom stereocenters. The highest BCUT2D eigenvalue weighted by Crippen LogP contribution is 2.36. The molecule has 11 heteroatoms. The van der Waals surface area contributed by atoms with Gasteiger partial charge in [-0.2, -0.15) is 4.31 Å². The number of ether oxygens (including phenoxy) is 1. The van der Waals surface area contributed by atoms with Gasteiger partial charge in [0.1, 0.15) is 16.3 Å². The number of alkyl carbamates (subject to hydrolysis) is 1. The summed E-state index contributed by atoms with van der Waals surface area (Å²) in [7, 11) is -4.32. The van der Waals surface area contributed by atoms with Crippen molar-refractivity contribution in [2.24, 2.45) is 0 Å². The third-order valence-electron chi connectivity index (χ3n) is 6.29. The van der Waals surface area contributed by atoms with Gasteiger partial charge >= 0.3 is 6.09 Å². The Morgan fingerprint density at radius 2 is 1.47 bits per heavy atom. The Morgan fingerprint density at radius 1 is 0.884 bits per heavy atom. The standard InChI is InChI=1S/C32H31Cl2FN2O5S/c1-32(2,3)42-31(39)36-18-22-5-4-6-23(15-22)20-37(43(40,41)29-17-26(33)16-28(34)30(29)38)19-21-7-9-24(10-8-21)25-11-13-27(35)14-12-25/h4-17,38H,18-20H2,1-3H3,(H,36,39). The number of carbonyl (C=O) groups excluding carboxylic acids is 1. The fraction of sp³-hybridized carbons (Fsp3) is 0.219. The molecule has 0 atom stereocenters. The number of carbonyl (C=O) groups is 1. The third kappa shape index (κ3) is 8.70. The molecule has 0 aliphatic heterocycles. The van der Waals surface area contributed by atoms with Crippen LogP contribution in [0.1, 0.15) is 37.5 Å². The van der Waals surface area contributed by atoms with Crippen LogP contribution in [0.15, 0.2) is 89.8 Å². The molecule has 0 radical (unpaired) electrons. The van der Waals surface area contributed by atoms with Gasteiger partial charge in [-0.05, 0) is 72.9 Å². The van der Waals surface area contributed by atoms with E-state index in [1.807, 2.05) is 12.1 Å². The Morgan fingerprint density at radius 3 is 2.09 bits per heavy atom. The first-order valence-electron chi connectivity index (χ1n) is 13.3. The van der Waals surface area contributed by atoms with Crippen LogP contribution >= 0.6 is 23.2 Å². The second kappa shape index (κ2) is 13.3. The molecule has 43 heavy (non-hydrogen) atoms. The van der Waals surface area contributed by atoms with Gasteiger partial charge in [0.05, 0.1) is 5.02 Å². The highest BCUT2D eigenvalue weighted by atomic mass is 35.5. The summed E-state index contributed by atoms with van der Waals surface area (Å²) in [5, 5.41) is 13.2. The van der Waals surface area contributed by atoms with Gasteiger partial charge in [0, 0.05) is 24.7 Å². The largest absolute Gasteiger partial charge is 0.505 e. The summed E-state index contributed by atoms with van der Waals surface area (Å²) in [6.07, 6.45) is -0.570. The monoisotopic (exact) mass is 644 g/mol. The Bertz CT molecular complexity index is 1710. The number of phenols is 1. The Hall–Kier alpha value is -3.63. The number of rotatable bonds is 9. The van der Waals surface area contributed by atoms with Crippen molar-refractivity contribution in [2.45, 2.75) is 50.9 Å². The van der Waals surface area contributed by atoms with Gasteiger partial charge in [-0.25, -0.2) is 17.6 Å². The van der Waals surface area contributed by atoms with Gasteiger partial charge in [0.15, 0.2) is 5.75 Å². The number of nitrogens with one attached hydrogen (secondary N) is 1. The summed E-state index contributed by atoms with van der Waals surface area (Å²) in [4.78, 5) is 11.7. The van der Waals surface area contributed by atoms with Gasteiger partial charge in [-0.3, -0.25) is 0 Å². The highest BCUT2D eigenvalue weighted by molar-refractivity contribution is 7.89. The normalized spacial score (nSPS) is 11.9. The van der Waals surface area contributed by atoms with Crippen LogP contribution in [-0.2, 0) is 34.4 Å². The number of amides is 1. The number of benzene rings is 4. The minimum absolute atomic E-state index is 0.0456. The molecule has 0 saturated carbocycles. The first-order valence-corrected chi connectivity index (χ1v) is 15.5. The van der Waals surface area contributed by atoms with E-state index in [0.717, 1.165) is 22.8 Å². The number of aromatic hydroxyl groups is 1. The quantitative estimate of drug-likeness (QED) is 0.193. The molecular formula is C32H31Cl2FN2O5S. The zero-order chi connectivity index (χ0) is 31.4. The van der Waals surface area contributed by atoms with Gasteiger partial charge in [0.25, 0.3) is 0 Å². The Labute approximate surface area is 260 Å². The fourth-order valence-corrected chi connectivity index (χ4v) is 6.44. The topological polar surface area (TPSA) is 95.9 Å². The van der Waals surface area contributed by atoms with Crippen LogP contribution in [-0.4, -0.2) is 29.5 Å². The molecular weight excluding hydrogens is 614 g/mol. The number of phenolic OH excluding ortho intramolecular Hbond substituents is 1. The van der Waals surface area contributed by atoms with Gasteiger partial charge in [0.2, 0.25) is 10.0 Å². The molecule has 4 aromatic rings. The van der Waals surface area contributed by atoms with Gasteiger partial charge in [-0.1, -0.05) is 83.9 Å². The van der Waals surface area contributed by atoms with E-state index >= 15 is 0 Å². The molecule has 0 bridgehead atoms. The molecule has 0 aliphatic carbocycles. The van der Waals surface area contributed by atoms with Crippen molar-refractivity contribution in [2.75, 3.05) is 0 Å². The summed E-state index contributed by atoms with van der Waals surface area (Å²) in [5.74, 6) is -0.937. The predicted octanol–water partition coefficient (Wildman–Crippen LogP) is 7.92. The first kappa shape index (κ1) is 32.3. The van der Waals surface area contributed by atoms with E-state index in [1.165, 1.54) is 22.5 Å². The maximum Gasteiger partial charge on any atom is 0.407 e. The average Bonchev–Trinajstić information content (AvgIpc) is 2.93. The van der Waals surface area contributed by atoms with Crippen LogP contribution < -0.4 is 5.32 Å². The van der Waals surface area contributed by atoms with Gasteiger partial charge in [-0.15, -0.1) is 0 Å². The van der Waals surface area contributed by atoms with Crippen LogP contribution in [0.5, 0.6) is 5.75 Å². The van der Waals surface area contributed by atoms with E-state index in [-0.39, 0.29) is 35.5 Å². The number of sulfonamides is 1. The van der Waals surface area contributed by atoms with Crippen molar-refractivity contribution in [3.8, 4) is 16.9 Å². The zero-order valence-corrected chi connectivity index (χ0v) is 26.1. The highest BCUT2D eigenvalue weighted by Gasteiger charge is 2.29. The summed E-state index contributed by atoms with van der Waals surface area (Å²) < 4.78 is 47.8. The van der Waals surface area contributed by atoms with Crippen molar-refractivity contribution in [1.29, 1.82) is 0 Å². The molecule has 0 aliphatic rings. The second-order valence-electron chi connectivity index (χ2n) is 10.9. The Balaban J connectivity index is 1.63. The number of nitrogens with zero attached hydrogens (tertiary/aromatic N) is 1. The van der Waals surface area contributed by atoms with Crippen molar-refractivity contribution >= 4 is 39.3 Å². The van der Waals surface area contributed by atoms with E-state index in [2.05, 4.69) is 5.32 Å². The number of halogens is 3. The van der Waals surface area contributed by atoms with Crippen LogP contribution in [0.2, 0.25) is 10.0 Å². The summed E-state index contributed by atoms with van der Waals surface area (Å²) in [6, 6.07) is 22.8. The lowest BCUT2D eigenvalue weighted by Crippen LogP contribution is -2.32. The predicted molar refractivity (Wildman–Crippen MR) is 166 cm³/mol. The molecule has 0 heterocycles. The molecule has 0 spiro atoms. The van der Waals surface area contributed by atoms with E-state index < -0.39 is 32.4 Å². The molecule has 4 aromatic carbocycles. The lowest BCUT2D eigenvalue weighted by molar-refractivity contribution is 0.0523. The van der Waals surface area contributed by atoms with Crippen molar-refractivity contribution < 1.29 is 27.4 Å². The van der Waals surface area contributed by atoms with E-state index in [4.69, 9.17) is 27.9 Å². The lowest BCUT2D eigenvalue weighted by Gasteiger charge is -2.24. The molecule has 0 saturated heterocycles. The Kier molecular flexibility index (Phi) is 10.0. The summed E-state index contributed by atoms with van der Waals surface area (Å²) in [6.45, 7) is 5.36. The second-order valence-corrected chi connectivity index (χ2v) is 13.6. The average molecular weight is 646 g/mol. The van der Waals surface area contributed by atoms with E-state index in [1.54, 1.807) is 69.3 Å². The number of hydrogen-bond acceptors (Lipinski definition) is 5. The lowest BCUT2D eigenvalue weighted by atomic mass is 10.0. The smallest absolute Gasteiger partial charge is 0.407 e. The first-order chi connectivity index (χ1) is 20.2. The van der Waals surface area contributed by atoms with Crippen LogP contribution in [0.4, 0.5) is 9.18 Å². The SMILES string of the molecule is CC(C)(C)OC(=O)NCc1cccc(CN(Cc2ccc(-c3ccc(F)cc3)cc2)S(=O)(=O)c2cc(Cl)cc(Cl)c2O)c1. The molecule has 1 amide bonds. The molecule has 7 nitrogen and oxygen atoms in total. The summed E-state index contributed by atoms with van der Waals surface area (Å²) in [5.41, 5.74) is 3.05. The van der Waals surface area contributed by atoms with E-state index in [9.17, 15) is 22.7 Å². The molecule has 4 rings (SSSR count). The minimum Gasteiger partial charge on any atom is -0.505 e. The van der Waals surface area contributed by atoms with Crippen molar-refractivity contribution in [1.82, 2.24) is 9.62 Å².